The second-order valence-corrected chi connectivity index (χ2v) is 7.59. The molecule has 3 unspecified atom stereocenters. The third-order valence-electron chi connectivity index (χ3n) is 5.27. The molecule has 0 bridgehead atoms. The van der Waals surface area contributed by atoms with Crippen molar-refractivity contribution in [3.8, 4) is 0 Å². The lowest BCUT2D eigenvalue weighted by atomic mass is 10.1. The number of pyridine rings is 1. The van der Waals surface area contributed by atoms with Gasteiger partial charge in [-0.3, -0.25) is 4.99 Å². The number of nitrogens with one attached hydrogen (secondary N) is 2. The molecule has 0 amide bonds. The van der Waals surface area contributed by atoms with Crippen LogP contribution in [0, 0.1) is 11.6 Å². The van der Waals surface area contributed by atoms with Crippen LogP contribution in [-0.2, 0) is 0 Å². The minimum absolute atomic E-state index is 0.0275. The summed E-state index contributed by atoms with van der Waals surface area (Å²) in [6.07, 6.45) is 3.33. The fraction of sp³-hybridized carbons (Fsp3) is 0.400. The first-order valence-corrected chi connectivity index (χ1v) is 9.74. The molecule has 1 aliphatic carbocycles. The summed E-state index contributed by atoms with van der Waals surface area (Å²) in [6.45, 7) is 1.60. The Morgan fingerprint density at radius 3 is 2.71 bits per heavy atom. The van der Waals surface area contributed by atoms with Gasteiger partial charge in [0, 0.05) is 49.9 Å². The highest BCUT2D eigenvalue weighted by Crippen LogP contribution is 2.43. The van der Waals surface area contributed by atoms with Crippen molar-refractivity contribution in [1.82, 2.24) is 15.6 Å². The first-order chi connectivity index (χ1) is 13.6. The van der Waals surface area contributed by atoms with Crippen molar-refractivity contribution in [1.29, 1.82) is 0 Å². The van der Waals surface area contributed by atoms with E-state index in [-0.39, 0.29) is 23.6 Å². The second-order valence-electron chi connectivity index (χ2n) is 7.19. The zero-order valence-corrected chi connectivity index (χ0v) is 16.3. The number of halogens is 3. The van der Waals surface area contributed by atoms with Crippen LogP contribution in [0.2, 0.25) is 5.02 Å². The van der Waals surface area contributed by atoms with E-state index in [1.54, 1.807) is 13.2 Å². The summed E-state index contributed by atoms with van der Waals surface area (Å²) in [5.74, 6) is 0.274. The van der Waals surface area contributed by atoms with E-state index in [0.29, 0.717) is 17.4 Å². The SMILES string of the molecule is CN=C(NC1CCN(c2ncccc2Cl)C1)NC1CC1c1c(F)cccc1F. The van der Waals surface area contributed by atoms with Gasteiger partial charge in [0.1, 0.15) is 17.5 Å². The van der Waals surface area contributed by atoms with Crippen molar-refractivity contribution in [2.45, 2.75) is 30.8 Å². The number of guanidine groups is 1. The van der Waals surface area contributed by atoms with Gasteiger partial charge in [-0.15, -0.1) is 0 Å². The quantitative estimate of drug-likeness (QED) is 0.605. The molecule has 8 heteroatoms. The molecule has 1 saturated carbocycles. The molecule has 2 N–H and O–H groups in total. The van der Waals surface area contributed by atoms with Crippen molar-refractivity contribution >= 4 is 23.4 Å². The third kappa shape index (κ3) is 3.90. The van der Waals surface area contributed by atoms with Crippen molar-refractivity contribution < 1.29 is 8.78 Å². The Kier molecular flexibility index (Phi) is 5.35. The van der Waals surface area contributed by atoms with Gasteiger partial charge in [-0.2, -0.15) is 0 Å². The van der Waals surface area contributed by atoms with Gasteiger partial charge in [-0.25, -0.2) is 13.8 Å². The van der Waals surface area contributed by atoms with Crippen LogP contribution in [0.1, 0.15) is 24.3 Å². The number of hydrogen-bond donors (Lipinski definition) is 2. The molecule has 0 spiro atoms. The minimum atomic E-state index is -0.490. The van der Waals surface area contributed by atoms with E-state index in [9.17, 15) is 8.78 Å². The maximum absolute atomic E-state index is 14.0. The normalized spacial score (nSPS) is 24.4. The van der Waals surface area contributed by atoms with Crippen LogP contribution in [0.5, 0.6) is 0 Å². The van der Waals surface area contributed by atoms with Gasteiger partial charge in [-0.05, 0) is 37.1 Å². The lowest BCUT2D eigenvalue weighted by molar-refractivity contribution is 0.553. The molecule has 1 aromatic heterocycles. The van der Waals surface area contributed by atoms with Crippen molar-refractivity contribution in [3.05, 3.63) is 58.7 Å². The van der Waals surface area contributed by atoms with Crippen LogP contribution in [-0.4, -0.2) is 43.2 Å². The summed E-state index contributed by atoms with van der Waals surface area (Å²) in [4.78, 5) is 10.8. The fourth-order valence-corrected chi connectivity index (χ4v) is 4.00. The Morgan fingerprint density at radius 2 is 2.00 bits per heavy atom. The third-order valence-corrected chi connectivity index (χ3v) is 5.57. The highest BCUT2D eigenvalue weighted by Gasteiger charge is 2.42. The molecule has 2 fully saturated rings. The fourth-order valence-electron chi connectivity index (χ4n) is 3.76. The van der Waals surface area contributed by atoms with E-state index in [1.165, 1.54) is 18.2 Å². The van der Waals surface area contributed by atoms with Gasteiger partial charge in [0.05, 0.1) is 5.02 Å². The zero-order chi connectivity index (χ0) is 19.7. The minimum Gasteiger partial charge on any atom is -0.353 e. The molecular weight excluding hydrogens is 384 g/mol. The molecule has 148 valence electrons. The molecule has 1 aliphatic heterocycles. The van der Waals surface area contributed by atoms with Crippen LogP contribution in [0.3, 0.4) is 0 Å². The summed E-state index contributed by atoms with van der Waals surface area (Å²) in [7, 11) is 1.69. The summed E-state index contributed by atoms with van der Waals surface area (Å²) in [6, 6.07) is 7.80. The number of anilines is 1. The van der Waals surface area contributed by atoms with Gasteiger partial charge in [0.2, 0.25) is 0 Å². The number of aliphatic imine (C=N–C) groups is 1. The van der Waals surface area contributed by atoms with Crippen molar-refractivity contribution in [2.75, 3.05) is 25.0 Å². The van der Waals surface area contributed by atoms with E-state index in [2.05, 4.69) is 25.5 Å². The molecule has 2 aliphatic rings. The first-order valence-electron chi connectivity index (χ1n) is 9.36. The molecule has 2 aromatic rings. The highest BCUT2D eigenvalue weighted by molar-refractivity contribution is 6.32. The largest absolute Gasteiger partial charge is 0.353 e. The van der Waals surface area contributed by atoms with Gasteiger partial charge < -0.3 is 15.5 Å². The maximum Gasteiger partial charge on any atom is 0.191 e. The summed E-state index contributed by atoms with van der Waals surface area (Å²) in [5, 5.41) is 7.32. The predicted molar refractivity (Wildman–Crippen MR) is 107 cm³/mol. The van der Waals surface area contributed by atoms with E-state index >= 15 is 0 Å². The summed E-state index contributed by atoms with van der Waals surface area (Å²) in [5.41, 5.74) is 0.160. The molecule has 1 saturated heterocycles. The van der Waals surface area contributed by atoms with Gasteiger partial charge in [-0.1, -0.05) is 17.7 Å². The number of rotatable bonds is 4. The van der Waals surface area contributed by atoms with Crippen LogP contribution in [0.25, 0.3) is 0 Å². The first kappa shape index (κ1) is 18.9. The van der Waals surface area contributed by atoms with Crippen LogP contribution < -0.4 is 15.5 Å². The van der Waals surface area contributed by atoms with Crippen molar-refractivity contribution in [2.24, 2.45) is 4.99 Å². The molecule has 2 heterocycles. The van der Waals surface area contributed by atoms with Gasteiger partial charge in [0.25, 0.3) is 0 Å². The average molecular weight is 406 g/mol. The monoisotopic (exact) mass is 405 g/mol. The lowest BCUT2D eigenvalue weighted by Gasteiger charge is -2.20. The zero-order valence-electron chi connectivity index (χ0n) is 15.5. The van der Waals surface area contributed by atoms with Gasteiger partial charge in [0.15, 0.2) is 5.96 Å². The smallest absolute Gasteiger partial charge is 0.191 e. The maximum atomic E-state index is 14.0. The molecule has 0 radical (unpaired) electrons. The van der Waals surface area contributed by atoms with Crippen LogP contribution in [0.15, 0.2) is 41.5 Å². The standard InChI is InChI=1S/C20H22ClF2N5/c1-24-20(27-17-10-13(17)18-15(22)5-2-6-16(18)23)26-12-7-9-28(11-12)19-14(21)4-3-8-25-19/h2-6,8,12-13,17H,7,9-11H2,1H3,(H2,24,26,27). The summed E-state index contributed by atoms with van der Waals surface area (Å²) >= 11 is 6.24. The van der Waals surface area contributed by atoms with E-state index in [4.69, 9.17) is 11.6 Å². The molecule has 4 rings (SSSR count). The molecule has 28 heavy (non-hydrogen) atoms. The highest BCUT2D eigenvalue weighted by atomic mass is 35.5. The topological polar surface area (TPSA) is 52.6 Å². The van der Waals surface area contributed by atoms with E-state index in [0.717, 1.165) is 25.3 Å². The Hall–Kier alpha value is -2.41. The van der Waals surface area contributed by atoms with Gasteiger partial charge >= 0.3 is 0 Å². The molecule has 3 atom stereocenters. The number of nitrogens with zero attached hydrogens (tertiary/aromatic N) is 3. The Bertz CT molecular complexity index is 870. The average Bonchev–Trinajstić information content (AvgIpc) is 3.26. The van der Waals surface area contributed by atoms with Crippen LogP contribution >= 0.6 is 11.6 Å². The Labute approximate surface area is 167 Å². The Morgan fingerprint density at radius 1 is 1.21 bits per heavy atom. The molecule has 5 nitrogen and oxygen atoms in total. The Balaban J connectivity index is 1.34. The second kappa shape index (κ2) is 7.91. The van der Waals surface area contributed by atoms with E-state index < -0.39 is 11.6 Å². The number of aromatic nitrogens is 1. The number of benzene rings is 1. The van der Waals surface area contributed by atoms with Crippen molar-refractivity contribution in [3.63, 3.8) is 0 Å². The van der Waals surface area contributed by atoms with E-state index in [1.807, 2.05) is 12.1 Å². The predicted octanol–water partition coefficient (Wildman–Crippen LogP) is 3.31. The lowest BCUT2D eigenvalue weighted by Crippen LogP contribution is -2.45. The molecular formula is C20H22ClF2N5. The number of hydrogen-bond acceptors (Lipinski definition) is 3. The summed E-state index contributed by atoms with van der Waals surface area (Å²) < 4.78 is 27.9. The molecule has 1 aromatic carbocycles. The van der Waals surface area contributed by atoms with Crippen LogP contribution in [0.4, 0.5) is 14.6 Å².